The van der Waals surface area contributed by atoms with Gasteiger partial charge in [-0.05, 0) is 20.0 Å². The summed E-state index contributed by atoms with van der Waals surface area (Å²) in [6.45, 7) is 0.540. The SMILES string of the molecule is CNCCCOc1c(F)c(F)cc(F)c1F. The Morgan fingerprint density at radius 1 is 1.12 bits per heavy atom. The number of benzene rings is 1. The normalized spacial score (nSPS) is 10.6. The third kappa shape index (κ3) is 2.85. The van der Waals surface area contributed by atoms with Crippen LogP contribution in [-0.2, 0) is 0 Å². The summed E-state index contributed by atoms with van der Waals surface area (Å²) in [4.78, 5) is 0. The van der Waals surface area contributed by atoms with E-state index in [0.717, 1.165) is 0 Å². The largest absolute Gasteiger partial charge is 0.487 e. The highest BCUT2D eigenvalue weighted by Crippen LogP contribution is 2.26. The van der Waals surface area contributed by atoms with Crippen molar-refractivity contribution in [1.82, 2.24) is 5.32 Å². The molecule has 0 spiro atoms. The second-order valence-corrected chi connectivity index (χ2v) is 3.10. The van der Waals surface area contributed by atoms with E-state index in [9.17, 15) is 17.6 Å². The van der Waals surface area contributed by atoms with E-state index in [1.807, 2.05) is 0 Å². The van der Waals surface area contributed by atoms with E-state index in [1.165, 1.54) is 0 Å². The molecule has 16 heavy (non-hydrogen) atoms. The van der Waals surface area contributed by atoms with Gasteiger partial charge in [0.15, 0.2) is 17.4 Å². The van der Waals surface area contributed by atoms with E-state index in [0.29, 0.717) is 13.0 Å². The first-order valence-corrected chi connectivity index (χ1v) is 4.68. The highest BCUT2D eigenvalue weighted by molar-refractivity contribution is 5.28. The van der Waals surface area contributed by atoms with Gasteiger partial charge in [-0.2, -0.15) is 8.78 Å². The van der Waals surface area contributed by atoms with Gasteiger partial charge in [-0.1, -0.05) is 0 Å². The number of hydrogen-bond donors (Lipinski definition) is 1. The fraction of sp³-hybridized carbons (Fsp3) is 0.400. The molecule has 0 saturated carbocycles. The number of hydrogen-bond acceptors (Lipinski definition) is 2. The van der Waals surface area contributed by atoms with Gasteiger partial charge in [0.2, 0.25) is 11.6 Å². The smallest absolute Gasteiger partial charge is 0.203 e. The average molecular weight is 237 g/mol. The molecular weight excluding hydrogens is 226 g/mol. The minimum Gasteiger partial charge on any atom is -0.487 e. The third-order valence-corrected chi connectivity index (χ3v) is 1.89. The van der Waals surface area contributed by atoms with Crippen molar-refractivity contribution in [2.45, 2.75) is 6.42 Å². The molecule has 0 unspecified atom stereocenters. The lowest BCUT2D eigenvalue weighted by Gasteiger charge is -2.09. The Bertz CT molecular complexity index is 344. The van der Waals surface area contributed by atoms with Crippen molar-refractivity contribution in [1.29, 1.82) is 0 Å². The minimum absolute atomic E-state index is 0.0302. The Kier molecular flexibility index (Phi) is 4.54. The number of halogens is 4. The molecule has 90 valence electrons. The van der Waals surface area contributed by atoms with Crippen LogP contribution in [-0.4, -0.2) is 20.2 Å². The highest BCUT2D eigenvalue weighted by Gasteiger charge is 2.20. The average Bonchev–Trinajstić information content (AvgIpc) is 2.25. The minimum atomic E-state index is -1.51. The van der Waals surface area contributed by atoms with Crippen LogP contribution in [0.4, 0.5) is 17.6 Å². The molecule has 0 atom stereocenters. The number of nitrogens with one attached hydrogen (secondary N) is 1. The molecule has 1 N–H and O–H groups in total. The van der Waals surface area contributed by atoms with Crippen LogP contribution in [0, 0.1) is 23.3 Å². The molecule has 2 nitrogen and oxygen atoms in total. The van der Waals surface area contributed by atoms with Crippen LogP contribution < -0.4 is 10.1 Å². The molecule has 0 aromatic heterocycles. The van der Waals surface area contributed by atoms with Crippen molar-refractivity contribution in [2.75, 3.05) is 20.2 Å². The van der Waals surface area contributed by atoms with Crippen molar-refractivity contribution in [3.63, 3.8) is 0 Å². The van der Waals surface area contributed by atoms with Crippen molar-refractivity contribution < 1.29 is 22.3 Å². The molecule has 0 aliphatic carbocycles. The third-order valence-electron chi connectivity index (χ3n) is 1.89. The van der Waals surface area contributed by atoms with Gasteiger partial charge < -0.3 is 10.1 Å². The van der Waals surface area contributed by atoms with Gasteiger partial charge in [0.1, 0.15) is 0 Å². The van der Waals surface area contributed by atoms with Crippen molar-refractivity contribution in [3.8, 4) is 5.75 Å². The maximum atomic E-state index is 13.0. The Balaban J connectivity index is 2.78. The van der Waals surface area contributed by atoms with Gasteiger partial charge in [-0.3, -0.25) is 0 Å². The Hall–Kier alpha value is -1.30. The quantitative estimate of drug-likeness (QED) is 0.481. The van der Waals surface area contributed by atoms with E-state index in [-0.39, 0.29) is 12.7 Å². The van der Waals surface area contributed by atoms with E-state index in [1.54, 1.807) is 7.05 Å². The summed E-state index contributed by atoms with van der Waals surface area (Å²) >= 11 is 0. The molecular formula is C10H11F4NO. The summed E-state index contributed by atoms with van der Waals surface area (Å²) in [5, 5.41) is 2.79. The Morgan fingerprint density at radius 3 is 2.19 bits per heavy atom. The van der Waals surface area contributed by atoms with Gasteiger partial charge in [-0.15, -0.1) is 0 Å². The Labute approximate surface area is 90.2 Å². The lowest BCUT2D eigenvalue weighted by atomic mass is 10.3. The zero-order chi connectivity index (χ0) is 12.1. The van der Waals surface area contributed by atoms with Gasteiger partial charge >= 0.3 is 0 Å². The molecule has 1 aromatic carbocycles. The zero-order valence-corrected chi connectivity index (χ0v) is 8.62. The van der Waals surface area contributed by atoms with Crippen LogP contribution in [0.5, 0.6) is 5.75 Å². The lowest BCUT2D eigenvalue weighted by molar-refractivity contribution is 0.267. The van der Waals surface area contributed by atoms with Crippen LogP contribution in [0.2, 0.25) is 0 Å². The van der Waals surface area contributed by atoms with E-state index >= 15 is 0 Å². The maximum absolute atomic E-state index is 13.0. The standard InChI is InChI=1S/C10H11F4NO/c1-15-3-2-4-16-10-8(13)6(11)5-7(12)9(10)14/h5,15H,2-4H2,1H3. The second kappa shape index (κ2) is 5.69. The molecule has 0 aliphatic heterocycles. The van der Waals surface area contributed by atoms with Crippen LogP contribution in [0.3, 0.4) is 0 Å². The summed E-state index contributed by atoms with van der Waals surface area (Å²) in [7, 11) is 1.70. The summed E-state index contributed by atoms with van der Waals surface area (Å²) < 4.78 is 56.2. The predicted octanol–water partition coefficient (Wildman–Crippen LogP) is 2.23. The molecule has 0 heterocycles. The Morgan fingerprint density at radius 2 is 1.69 bits per heavy atom. The van der Waals surface area contributed by atoms with Crippen LogP contribution >= 0.6 is 0 Å². The van der Waals surface area contributed by atoms with Crippen LogP contribution in [0.15, 0.2) is 6.07 Å². The topological polar surface area (TPSA) is 21.3 Å². The molecule has 1 aromatic rings. The molecule has 0 amide bonds. The van der Waals surface area contributed by atoms with Gasteiger partial charge in [0, 0.05) is 6.07 Å². The van der Waals surface area contributed by atoms with Crippen molar-refractivity contribution >= 4 is 0 Å². The lowest BCUT2D eigenvalue weighted by Crippen LogP contribution is -2.13. The molecule has 0 bridgehead atoms. The summed E-state index contributed by atoms with van der Waals surface area (Å²) in [6.07, 6.45) is 0.466. The first-order chi connectivity index (χ1) is 7.57. The first-order valence-electron chi connectivity index (χ1n) is 4.68. The number of ether oxygens (including phenoxy) is 1. The fourth-order valence-corrected chi connectivity index (χ4v) is 1.10. The fourth-order valence-electron chi connectivity index (χ4n) is 1.10. The maximum Gasteiger partial charge on any atom is 0.203 e. The van der Waals surface area contributed by atoms with Crippen LogP contribution in [0.25, 0.3) is 0 Å². The molecule has 6 heteroatoms. The van der Waals surface area contributed by atoms with Gasteiger partial charge in [0.05, 0.1) is 6.61 Å². The second-order valence-electron chi connectivity index (χ2n) is 3.10. The monoisotopic (exact) mass is 237 g/mol. The van der Waals surface area contributed by atoms with Gasteiger partial charge in [-0.25, -0.2) is 8.78 Å². The van der Waals surface area contributed by atoms with E-state index in [4.69, 9.17) is 0 Å². The molecule has 0 saturated heterocycles. The zero-order valence-electron chi connectivity index (χ0n) is 8.62. The van der Waals surface area contributed by atoms with Crippen molar-refractivity contribution in [2.24, 2.45) is 0 Å². The van der Waals surface area contributed by atoms with E-state index in [2.05, 4.69) is 10.1 Å². The summed E-state index contributed by atoms with van der Waals surface area (Å²) in [5.74, 6) is -6.97. The first kappa shape index (κ1) is 12.8. The molecule has 1 rings (SSSR count). The number of rotatable bonds is 5. The molecule has 0 radical (unpaired) electrons. The molecule has 0 aliphatic rings. The molecule has 0 fully saturated rings. The van der Waals surface area contributed by atoms with Gasteiger partial charge in [0.25, 0.3) is 0 Å². The van der Waals surface area contributed by atoms with Crippen molar-refractivity contribution in [3.05, 3.63) is 29.3 Å². The summed E-state index contributed by atoms with van der Waals surface area (Å²) in [6, 6.07) is 0.144. The summed E-state index contributed by atoms with van der Waals surface area (Å²) in [5.41, 5.74) is 0. The highest BCUT2D eigenvalue weighted by atomic mass is 19.2. The predicted molar refractivity (Wildman–Crippen MR) is 50.3 cm³/mol. The van der Waals surface area contributed by atoms with E-state index < -0.39 is 29.0 Å². The van der Waals surface area contributed by atoms with Crippen LogP contribution in [0.1, 0.15) is 6.42 Å².